The number of nitrogens with zero attached hydrogens (tertiary/aromatic N) is 2. The Balaban J connectivity index is 2.47. The van der Waals surface area contributed by atoms with Gasteiger partial charge in [-0.15, -0.1) is 11.3 Å². The third-order valence-electron chi connectivity index (χ3n) is 3.79. The van der Waals surface area contributed by atoms with Crippen LogP contribution in [-0.4, -0.2) is 45.4 Å². The van der Waals surface area contributed by atoms with Crippen molar-refractivity contribution in [1.82, 2.24) is 20.6 Å². The van der Waals surface area contributed by atoms with E-state index in [9.17, 15) is 22.8 Å². The van der Waals surface area contributed by atoms with E-state index in [2.05, 4.69) is 36.5 Å². The fraction of sp³-hybridized carbons (Fsp3) is 0.444. The summed E-state index contributed by atoms with van der Waals surface area (Å²) in [6.07, 6.45) is -4.28. The lowest BCUT2D eigenvalue weighted by Gasteiger charge is -2.29. The summed E-state index contributed by atoms with van der Waals surface area (Å²) in [4.78, 5) is 31.2. The summed E-state index contributed by atoms with van der Waals surface area (Å²) < 4.78 is 44.3. The number of thiazole rings is 1. The number of amides is 2. The average Bonchev–Trinajstić information content (AvgIpc) is 3.11. The van der Waals surface area contributed by atoms with Crippen molar-refractivity contribution in [3.8, 4) is 0 Å². The zero-order chi connectivity index (χ0) is 23.4. The first-order valence-electron chi connectivity index (χ1n) is 8.86. The molecule has 0 radical (unpaired) electrons. The second-order valence-electron chi connectivity index (χ2n) is 7.38. The quantitative estimate of drug-likeness (QED) is 0.508. The van der Waals surface area contributed by atoms with Crippen LogP contribution in [0.3, 0.4) is 0 Å². The molecule has 2 aromatic rings. The van der Waals surface area contributed by atoms with Crippen LogP contribution in [0.5, 0.6) is 0 Å². The number of rotatable bonds is 6. The highest BCUT2D eigenvalue weighted by Crippen LogP contribution is 2.37. The molecule has 0 bridgehead atoms. The molecule has 2 heterocycles. The van der Waals surface area contributed by atoms with Gasteiger partial charge in [0, 0.05) is 28.8 Å². The summed E-state index contributed by atoms with van der Waals surface area (Å²) in [7, 11) is 0. The molecule has 0 aliphatic rings. The molecular formula is C18H20BrF3N4O4S. The minimum absolute atomic E-state index is 0.253. The molecule has 2 rings (SSSR count). The van der Waals surface area contributed by atoms with Crippen LogP contribution < -0.4 is 10.6 Å². The number of aromatic nitrogens is 2. The lowest BCUT2D eigenvalue weighted by molar-refractivity contribution is -0.141. The van der Waals surface area contributed by atoms with Crippen molar-refractivity contribution in [2.24, 2.45) is 0 Å². The lowest BCUT2D eigenvalue weighted by atomic mass is 9.92. The molecule has 2 amide bonds. The van der Waals surface area contributed by atoms with Crippen molar-refractivity contribution in [2.75, 3.05) is 6.54 Å². The molecule has 0 aliphatic carbocycles. The van der Waals surface area contributed by atoms with E-state index in [0.717, 1.165) is 6.20 Å². The summed E-state index contributed by atoms with van der Waals surface area (Å²) in [6.45, 7) is 4.72. The highest BCUT2D eigenvalue weighted by molar-refractivity contribution is 9.10. The van der Waals surface area contributed by atoms with Crippen molar-refractivity contribution in [3.05, 3.63) is 44.6 Å². The Morgan fingerprint density at radius 1 is 1.29 bits per heavy atom. The van der Waals surface area contributed by atoms with Crippen molar-refractivity contribution >= 4 is 39.5 Å². The number of carboxylic acid groups (broad SMARTS) is 1. The topological polar surface area (TPSA) is 113 Å². The molecule has 0 saturated carbocycles. The van der Waals surface area contributed by atoms with Crippen LogP contribution in [0.1, 0.15) is 43.0 Å². The van der Waals surface area contributed by atoms with E-state index in [1.165, 1.54) is 23.6 Å². The summed E-state index contributed by atoms with van der Waals surface area (Å²) in [5.74, 6) is -0.801. The average molecular weight is 525 g/mol. The molecule has 2 aromatic heterocycles. The van der Waals surface area contributed by atoms with Gasteiger partial charge in [0.25, 0.3) is 0 Å². The number of hydrogen-bond donors (Lipinski definition) is 3. The molecule has 0 saturated heterocycles. The van der Waals surface area contributed by atoms with Gasteiger partial charge < -0.3 is 20.5 Å². The highest BCUT2D eigenvalue weighted by Gasteiger charge is 2.37. The maximum absolute atomic E-state index is 13.1. The maximum Gasteiger partial charge on any atom is 0.434 e. The van der Waals surface area contributed by atoms with Crippen molar-refractivity contribution in [3.63, 3.8) is 0 Å². The van der Waals surface area contributed by atoms with Crippen LogP contribution in [0.25, 0.3) is 0 Å². The molecule has 31 heavy (non-hydrogen) atoms. The molecule has 8 nitrogen and oxygen atoms in total. The third-order valence-corrected chi connectivity index (χ3v) is 5.25. The molecule has 2 atom stereocenters. The maximum atomic E-state index is 13.1. The first kappa shape index (κ1) is 24.9. The third kappa shape index (κ3) is 7.35. The molecule has 0 fully saturated rings. The number of nitrogens with one attached hydrogen (secondary N) is 2. The van der Waals surface area contributed by atoms with E-state index in [1.807, 2.05) is 0 Å². The van der Waals surface area contributed by atoms with E-state index in [4.69, 9.17) is 9.84 Å². The van der Waals surface area contributed by atoms with Gasteiger partial charge in [0.2, 0.25) is 0 Å². The van der Waals surface area contributed by atoms with Gasteiger partial charge in [-0.05, 0) is 48.3 Å². The highest BCUT2D eigenvalue weighted by atomic mass is 79.9. The zero-order valence-electron chi connectivity index (χ0n) is 16.7. The smallest absolute Gasteiger partial charge is 0.434 e. The monoisotopic (exact) mass is 524 g/mol. The number of carbonyl (C=O) groups is 2. The molecule has 1 unspecified atom stereocenters. The molecular weight excluding hydrogens is 505 g/mol. The van der Waals surface area contributed by atoms with Crippen LogP contribution >= 0.6 is 27.3 Å². The molecule has 170 valence electrons. The normalized spacial score (nSPS) is 13.9. The minimum Gasteiger partial charge on any atom is -0.465 e. The van der Waals surface area contributed by atoms with Gasteiger partial charge in [-0.3, -0.25) is 4.98 Å². The standard InChI is InChI=1S/C18H20BrF3N4O4S/c1-17(2,3)30-16(29)26-11(8-25-15(27)28)12(14-23-4-5-31-14)9-6-10(19)13(24-7-9)18(20,21)22/h4-7,11-12,25H,8H2,1-3H3,(H,26,29)(H,27,28)/t11-,12?/m1/s1. The second-order valence-corrected chi connectivity index (χ2v) is 9.16. The van der Waals surface area contributed by atoms with Gasteiger partial charge in [-0.25, -0.2) is 14.6 Å². The van der Waals surface area contributed by atoms with Gasteiger partial charge >= 0.3 is 18.4 Å². The zero-order valence-corrected chi connectivity index (χ0v) is 19.1. The first-order valence-corrected chi connectivity index (χ1v) is 10.5. The van der Waals surface area contributed by atoms with Crippen LogP contribution in [0, 0.1) is 0 Å². The second kappa shape index (κ2) is 9.81. The minimum atomic E-state index is -4.66. The molecule has 3 N–H and O–H groups in total. The van der Waals surface area contributed by atoms with Crippen LogP contribution in [0.4, 0.5) is 22.8 Å². The lowest BCUT2D eigenvalue weighted by Crippen LogP contribution is -2.48. The van der Waals surface area contributed by atoms with Crippen LogP contribution in [-0.2, 0) is 10.9 Å². The number of halogens is 4. The molecule has 0 aliphatic heterocycles. The number of alkyl halides is 3. The van der Waals surface area contributed by atoms with E-state index in [1.54, 1.807) is 26.2 Å². The summed E-state index contributed by atoms with van der Waals surface area (Å²) in [5, 5.41) is 15.9. The summed E-state index contributed by atoms with van der Waals surface area (Å²) >= 11 is 4.10. The van der Waals surface area contributed by atoms with E-state index < -0.39 is 41.6 Å². The number of alkyl carbamates (subject to hydrolysis) is 1. The van der Waals surface area contributed by atoms with Gasteiger partial charge in [-0.2, -0.15) is 13.2 Å². The largest absolute Gasteiger partial charge is 0.465 e. The predicted molar refractivity (Wildman–Crippen MR) is 110 cm³/mol. The predicted octanol–water partition coefficient (Wildman–Crippen LogP) is 4.61. The van der Waals surface area contributed by atoms with E-state index >= 15 is 0 Å². The summed E-state index contributed by atoms with van der Waals surface area (Å²) in [5.41, 5.74) is -1.62. The van der Waals surface area contributed by atoms with Crippen molar-refractivity contribution < 1.29 is 32.6 Å². The van der Waals surface area contributed by atoms with Crippen molar-refractivity contribution in [2.45, 2.75) is 44.5 Å². The SMILES string of the molecule is CC(C)(C)OC(=O)N[C@H](CNC(=O)O)C(c1cnc(C(F)(F)F)c(Br)c1)c1nccs1. The van der Waals surface area contributed by atoms with E-state index in [-0.39, 0.29) is 11.0 Å². The first-order chi connectivity index (χ1) is 14.3. The molecule has 13 heteroatoms. The fourth-order valence-electron chi connectivity index (χ4n) is 2.67. The van der Waals surface area contributed by atoms with Gasteiger partial charge in [0.15, 0.2) is 5.69 Å². The Morgan fingerprint density at radius 2 is 1.97 bits per heavy atom. The number of hydrogen-bond acceptors (Lipinski definition) is 6. The Bertz CT molecular complexity index is 920. The van der Waals surface area contributed by atoms with E-state index in [0.29, 0.717) is 10.6 Å². The Morgan fingerprint density at radius 3 is 2.45 bits per heavy atom. The Hall–Kier alpha value is -2.41. The van der Waals surface area contributed by atoms with Gasteiger partial charge in [0.1, 0.15) is 10.6 Å². The Kier molecular flexibility index (Phi) is 7.87. The molecule has 0 spiro atoms. The van der Waals surface area contributed by atoms with Gasteiger partial charge in [-0.1, -0.05) is 0 Å². The number of pyridine rings is 1. The summed E-state index contributed by atoms with van der Waals surface area (Å²) in [6, 6.07) is 0.300. The van der Waals surface area contributed by atoms with Crippen molar-refractivity contribution in [1.29, 1.82) is 0 Å². The Labute approximate surface area is 188 Å². The molecule has 0 aromatic carbocycles. The van der Waals surface area contributed by atoms with Gasteiger partial charge in [0.05, 0.1) is 12.0 Å². The fourth-order valence-corrected chi connectivity index (χ4v) is 4.10. The van der Waals surface area contributed by atoms with Crippen LogP contribution in [0.15, 0.2) is 28.3 Å². The number of carbonyl (C=O) groups excluding carboxylic acids is 1. The number of ether oxygens (including phenoxy) is 1. The van der Waals surface area contributed by atoms with Crippen LogP contribution in [0.2, 0.25) is 0 Å².